The van der Waals surface area contributed by atoms with Crippen molar-refractivity contribution in [2.75, 3.05) is 11.9 Å². The monoisotopic (exact) mass is 649 g/mol. The lowest BCUT2D eigenvalue weighted by Crippen LogP contribution is -2.51. The van der Waals surface area contributed by atoms with Crippen LogP contribution in [0.4, 0.5) is 5.69 Å². The molecular formula is C39H47N5O4. The van der Waals surface area contributed by atoms with Gasteiger partial charge in [0.05, 0.1) is 0 Å². The molecule has 252 valence electrons. The van der Waals surface area contributed by atoms with Gasteiger partial charge in [-0.15, -0.1) is 0 Å². The van der Waals surface area contributed by atoms with Gasteiger partial charge in [0.25, 0.3) is 5.91 Å². The number of carboxylic acids is 1. The Balaban J connectivity index is 1.42. The highest BCUT2D eigenvalue weighted by Crippen LogP contribution is 2.24. The maximum absolute atomic E-state index is 13.2. The number of nitrogens with zero attached hydrogens (tertiary/aromatic N) is 2. The molecule has 0 radical (unpaired) electrons. The zero-order valence-electron chi connectivity index (χ0n) is 28.5. The van der Waals surface area contributed by atoms with Gasteiger partial charge in [0, 0.05) is 47.7 Å². The topological polar surface area (TPSA) is 133 Å². The third-order valence-corrected chi connectivity index (χ3v) is 8.25. The molecule has 4 aromatic rings. The molecule has 3 aromatic carbocycles. The molecular weight excluding hydrogens is 602 g/mol. The van der Waals surface area contributed by atoms with Crippen LogP contribution in [-0.4, -0.2) is 51.5 Å². The smallest absolute Gasteiger partial charge is 0.325 e. The zero-order chi connectivity index (χ0) is 34.7. The zero-order valence-corrected chi connectivity index (χ0v) is 28.5. The Morgan fingerprint density at radius 1 is 0.771 bits per heavy atom. The Hall–Kier alpha value is -5.05. The summed E-state index contributed by atoms with van der Waals surface area (Å²) in [5, 5.41) is 18.1. The van der Waals surface area contributed by atoms with Crippen molar-refractivity contribution < 1.29 is 19.5 Å². The van der Waals surface area contributed by atoms with Crippen LogP contribution in [0.1, 0.15) is 81.8 Å². The number of amides is 2. The van der Waals surface area contributed by atoms with Crippen molar-refractivity contribution >= 4 is 23.5 Å². The van der Waals surface area contributed by atoms with Crippen molar-refractivity contribution in [3.05, 3.63) is 102 Å². The lowest BCUT2D eigenvalue weighted by molar-refractivity contribution is -0.141. The molecule has 9 nitrogen and oxygen atoms in total. The first kappa shape index (κ1) is 35.8. The van der Waals surface area contributed by atoms with E-state index in [1.807, 2.05) is 36.4 Å². The number of benzene rings is 3. The molecule has 0 spiro atoms. The van der Waals surface area contributed by atoms with Crippen molar-refractivity contribution in [2.45, 2.75) is 84.2 Å². The predicted octanol–water partition coefficient (Wildman–Crippen LogP) is 7.03. The van der Waals surface area contributed by atoms with Gasteiger partial charge in [-0.05, 0) is 59.7 Å². The summed E-state index contributed by atoms with van der Waals surface area (Å²) in [5.74, 6) is -1.60. The molecule has 0 fully saturated rings. The van der Waals surface area contributed by atoms with E-state index in [-0.39, 0.29) is 11.8 Å². The van der Waals surface area contributed by atoms with Crippen LogP contribution in [0.2, 0.25) is 0 Å². The quantitative estimate of drug-likeness (QED) is 0.102. The minimum absolute atomic E-state index is 0.0688. The number of hydrogen-bond donors (Lipinski definition) is 4. The van der Waals surface area contributed by atoms with Gasteiger partial charge in [-0.1, -0.05) is 95.5 Å². The predicted molar refractivity (Wildman–Crippen MR) is 191 cm³/mol. The van der Waals surface area contributed by atoms with E-state index < -0.39 is 29.9 Å². The molecule has 2 atom stereocenters. The molecule has 0 aliphatic carbocycles. The Morgan fingerprint density at radius 2 is 1.40 bits per heavy atom. The molecule has 0 saturated heterocycles. The van der Waals surface area contributed by atoms with Crippen molar-refractivity contribution in [1.82, 2.24) is 20.6 Å². The van der Waals surface area contributed by atoms with Crippen LogP contribution in [0, 0.1) is 0 Å². The van der Waals surface area contributed by atoms with Crippen LogP contribution < -0.4 is 16.0 Å². The van der Waals surface area contributed by atoms with Gasteiger partial charge in [-0.25, -0.2) is 9.97 Å². The molecule has 0 bridgehead atoms. The van der Waals surface area contributed by atoms with Gasteiger partial charge in [-0.2, -0.15) is 0 Å². The summed E-state index contributed by atoms with van der Waals surface area (Å²) in [4.78, 5) is 46.9. The first-order chi connectivity index (χ1) is 22.9. The first-order valence-corrected chi connectivity index (χ1v) is 16.6. The molecule has 9 heteroatoms. The minimum Gasteiger partial charge on any atom is -0.480 e. The summed E-state index contributed by atoms with van der Waals surface area (Å²) in [5.41, 5.74) is 6.04. The van der Waals surface area contributed by atoms with E-state index in [0.717, 1.165) is 46.5 Å². The molecule has 48 heavy (non-hydrogen) atoms. The molecule has 0 aliphatic rings. The van der Waals surface area contributed by atoms with Gasteiger partial charge in [0.15, 0.2) is 5.82 Å². The SMILES string of the molecule is CCCCCCNc1ccc(-c2cnc(-c3ccc(CC(NC(=O)c4ccc(C(C)(C)C)cc4)C(=O)NC(C)C(=O)O)cc3)nc2)cc1. The van der Waals surface area contributed by atoms with Crippen molar-refractivity contribution in [3.63, 3.8) is 0 Å². The highest BCUT2D eigenvalue weighted by atomic mass is 16.4. The lowest BCUT2D eigenvalue weighted by atomic mass is 9.86. The summed E-state index contributed by atoms with van der Waals surface area (Å²) in [7, 11) is 0. The van der Waals surface area contributed by atoms with Gasteiger partial charge in [0.2, 0.25) is 5.91 Å². The van der Waals surface area contributed by atoms with E-state index >= 15 is 0 Å². The first-order valence-electron chi connectivity index (χ1n) is 16.6. The maximum atomic E-state index is 13.2. The lowest BCUT2D eigenvalue weighted by Gasteiger charge is -2.21. The van der Waals surface area contributed by atoms with Gasteiger partial charge >= 0.3 is 5.97 Å². The van der Waals surface area contributed by atoms with Crippen LogP contribution in [0.25, 0.3) is 22.5 Å². The number of carbonyl (C=O) groups is 3. The van der Waals surface area contributed by atoms with Crippen LogP contribution in [0.5, 0.6) is 0 Å². The normalized spacial score (nSPS) is 12.5. The second-order valence-electron chi connectivity index (χ2n) is 13.2. The molecule has 0 aliphatic heterocycles. The number of rotatable bonds is 15. The summed E-state index contributed by atoms with van der Waals surface area (Å²) < 4.78 is 0. The molecule has 2 unspecified atom stereocenters. The molecule has 4 N–H and O–H groups in total. The minimum atomic E-state index is -1.16. The molecule has 4 rings (SSSR count). The van der Waals surface area contributed by atoms with E-state index in [9.17, 15) is 19.5 Å². The second kappa shape index (κ2) is 16.7. The Bertz CT molecular complexity index is 1650. The van der Waals surface area contributed by atoms with E-state index in [1.54, 1.807) is 24.5 Å². The standard InChI is InChI=1S/C39H47N5O4/c1-6-7-8-9-22-40-33-20-16-28(17-21-33)31-24-41-35(42-25-31)29-12-10-27(11-13-29)23-34(37(46)43-26(2)38(47)48)44-36(45)30-14-18-32(19-15-30)39(3,4)5/h10-21,24-26,34,40H,6-9,22-23H2,1-5H3,(H,43,46)(H,44,45)(H,47,48). The molecule has 1 heterocycles. The average molecular weight is 650 g/mol. The van der Waals surface area contributed by atoms with Crippen LogP contribution in [0.3, 0.4) is 0 Å². The van der Waals surface area contributed by atoms with Gasteiger partial charge in [0.1, 0.15) is 12.1 Å². The van der Waals surface area contributed by atoms with Crippen LogP contribution in [-0.2, 0) is 21.4 Å². The fourth-order valence-corrected chi connectivity index (χ4v) is 5.16. The number of aromatic nitrogens is 2. The fraction of sp³-hybridized carbons (Fsp3) is 0.359. The third kappa shape index (κ3) is 10.2. The Morgan fingerprint density at radius 3 is 1.98 bits per heavy atom. The molecule has 1 aromatic heterocycles. The van der Waals surface area contributed by atoms with Gasteiger partial charge in [-0.3, -0.25) is 14.4 Å². The average Bonchev–Trinajstić information content (AvgIpc) is 3.08. The van der Waals surface area contributed by atoms with Crippen molar-refractivity contribution in [3.8, 4) is 22.5 Å². The Labute approximate surface area is 283 Å². The number of unbranched alkanes of at least 4 members (excludes halogenated alkanes) is 3. The van der Waals surface area contributed by atoms with E-state index in [4.69, 9.17) is 0 Å². The van der Waals surface area contributed by atoms with E-state index in [0.29, 0.717) is 11.4 Å². The number of aliphatic carboxylic acids is 1. The third-order valence-electron chi connectivity index (χ3n) is 8.25. The van der Waals surface area contributed by atoms with Crippen molar-refractivity contribution in [1.29, 1.82) is 0 Å². The van der Waals surface area contributed by atoms with Crippen LogP contribution in [0.15, 0.2) is 85.2 Å². The summed E-state index contributed by atoms with van der Waals surface area (Å²) >= 11 is 0. The molecule has 2 amide bonds. The number of nitrogens with one attached hydrogen (secondary N) is 3. The number of carbonyl (C=O) groups excluding carboxylic acids is 2. The van der Waals surface area contributed by atoms with Crippen LogP contribution >= 0.6 is 0 Å². The van der Waals surface area contributed by atoms with E-state index in [1.165, 1.54) is 26.2 Å². The summed E-state index contributed by atoms with van der Waals surface area (Å²) in [6, 6.07) is 20.9. The fourth-order valence-electron chi connectivity index (χ4n) is 5.16. The van der Waals surface area contributed by atoms with Gasteiger partial charge < -0.3 is 21.1 Å². The van der Waals surface area contributed by atoms with Crippen molar-refractivity contribution in [2.24, 2.45) is 0 Å². The highest BCUT2D eigenvalue weighted by Gasteiger charge is 2.25. The summed E-state index contributed by atoms with van der Waals surface area (Å²) in [6.45, 7) is 10.8. The number of carboxylic acid groups (broad SMARTS) is 1. The number of anilines is 1. The molecule has 0 saturated carbocycles. The van der Waals surface area contributed by atoms with E-state index in [2.05, 4.69) is 77.9 Å². The Kier molecular flexibility index (Phi) is 12.4. The number of hydrogen-bond acceptors (Lipinski definition) is 6. The largest absolute Gasteiger partial charge is 0.480 e. The second-order valence-corrected chi connectivity index (χ2v) is 13.2. The maximum Gasteiger partial charge on any atom is 0.325 e. The summed E-state index contributed by atoms with van der Waals surface area (Å²) in [6.07, 6.45) is 8.67. The highest BCUT2D eigenvalue weighted by molar-refractivity contribution is 5.98.